The highest BCUT2D eigenvalue weighted by Gasteiger charge is 2.45. The number of carbonyl (C=O) groups is 1. The summed E-state index contributed by atoms with van der Waals surface area (Å²) in [7, 11) is 0. The minimum atomic E-state index is -0.688. The normalized spacial score (nSPS) is 25.5. The van der Waals surface area contributed by atoms with Gasteiger partial charge in [-0.05, 0) is 44.9 Å². The lowest BCUT2D eigenvalue weighted by Gasteiger charge is -2.35. The SMILES string of the molecule is CC(NC(=O)C1(C#N)CCC1)C1CCCC1. The monoisotopic (exact) mass is 220 g/mol. The maximum Gasteiger partial charge on any atom is 0.240 e. The van der Waals surface area contributed by atoms with Gasteiger partial charge >= 0.3 is 0 Å². The molecule has 2 aliphatic rings. The minimum Gasteiger partial charge on any atom is -0.352 e. The number of nitrogens with one attached hydrogen (secondary N) is 1. The Morgan fingerprint density at radius 2 is 2.00 bits per heavy atom. The molecule has 2 fully saturated rings. The van der Waals surface area contributed by atoms with Gasteiger partial charge in [0.15, 0.2) is 0 Å². The molecule has 0 bridgehead atoms. The van der Waals surface area contributed by atoms with Gasteiger partial charge < -0.3 is 5.32 Å². The van der Waals surface area contributed by atoms with Crippen molar-refractivity contribution in [2.75, 3.05) is 0 Å². The van der Waals surface area contributed by atoms with Crippen molar-refractivity contribution in [3.8, 4) is 6.07 Å². The van der Waals surface area contributed by atoms with Gasteiger partial charge in [-0.25, -0.2) is 0 Å². The summed E-state index contributed by atoms with van der Waals surface area (Å²) >= 11 is 0. The molecule has 16 heavy (non-hydrogen) atoms. The molecule has 0 heterocycles. The number of rotatable bonds is 3. The van der Waals surface area contributed by atoms with Crippen LogP contribution in [-0.2, 0) is 4.79 Å². The van der Waals surface area contributed by atoms with E-state index >= 15 is 0 Å². The van der Waals surface area contributed by atoms with Gasteiger partial charge in [0.1, 0.15) is 5.41 Å². The van der Waals surface area contributed by atoms with Crippen LogP contribution in [0.3, 0.4) is 0 Å². The molecule has 1 N–H and O–H groups in total. The Morgan fingerprint density at radius 1 is 1.38 bits per heavy atom. The topological polar surface area (TPSA) is 52.9 Å². The first-order chi connectivity index (χ1) is 7.68. The summed E-state index contributed by atoms with van der Waals surface area (Å²) in [6, 6.07) is 2.44. The third-order valence-electron chi connectivity index (χ3n) is 4.32. The quantitative estimate of drug-likeness (QED) is 0.794. The molecule has 2 rings (SSSR count). The summed E-state index contributed by atoms with van der Waals surface area (Å²) in [4.78, 5) is 12.0. The number of hydrogen-bond acceptors (Lipinski definition) is 2. The molecule has 1 unspecified atom stereocenters. The van der Waals surface area contributed by atoms with Crippen LogP contribution in [-0.4, -0.2) is 11.9 Å². The molecule has 88 valence electrons. The van der Waals surface area contributed by atoms with Crippen LogP contribution in [0.15, 0.2) is 0 Å². The molecule has 1 amide bonds. The van der Waals surface area contributed by atoms with Crippen molar-refractivity contribution < 1.29 is 4.79 Å². The predicted molar refractivity (Wildman–Crippen MR) is 61.5 cm³/mol. The van der Waals surface area contributed by atoms with E-state index in [1.807, 2.05) is 0 Å². The molecule has 2 saturated carbocycles. The van der Waals surface area contributed by atoms with E-state index in [0.29, 0.717) is 5.92 Å². The molecule has 0 aromatic heterocycles. The van der Waals surface area contributed by atoms with E-state index in [9.17, 15) is 4.79 Å². The highest BCUT2D eigenvalue weighted by atomic mass is 16.2. The molecule has 0 aromatic carbocycles. The van der Waals surface area contributed by atoms with Crippen molar-refractivity contribution in [1.82, 2.24) is 5.32 Å². The van der Waals surface area contributed by atoms with E-state index in [-0.39, 0.29) is 11.9 Å². The van der Waals surface area contributed by atoms with Crippen LogP contribution < -0.4 is 5.32 Å². The molecule has 0 saturated heterocycles. The molecule has 0 spiro atoms. The second kappa shape index (κ2) is 4.45. The lowest BCUT2D eigenvalue weighted by atomic mass is 9.69. The van der Waals surface area contributed by atoms with Gasteiger partial charge in [-0.2, -0.15) is 5.26 Å². The van der Waals surface area contributed by atoms with Crippen LogP contribution in [0.2, 0.25) is 0 Å². The first-order valence-corrected chi connectivity index (χ1v) is 6.40. The zero-order chi connectivity index (χ0) is 11.6. The predicted octanol–water partition coefficient (Wildman–Crippen LogP) is 2.38. The minimum absolute atomic E-state index is 0.0272. The number of amides is 1. The van der Waals surface area contributed by atoms with Gasteiger partial charge in [0.2, 0.25) is 5.91 Å². The van der Waals surface area contributed by atoms with Crippen molar-refractivity contribution in [2.24, 2.45) is 11.3 Å². The first-order valence-electron chi connectivity index (χ1n) is 6.40. The molecule has 0 radical (unpaired) electrons. The second-order valence-corrected chi connectivity index (χ2v) is 5.35. The molecule has 2 aliphatic carbocycles. The third-order valence-corrected chi connectivity index (χ3v) is 4.32. The van der Waals surface area contributed by atoms with Gasteiger partial charge in [-0.1, -0.05) is 12.8 Å². The Morgan fingerprint density at radius 3 is 2.44 bits per heavy atom. The number of hydrogen-bond donors (Lipinski definition) is 1. The summed E-state index contributed by atoms with van der Waals surface area (Å²) in [5, 5.41) is 12.1. The highest BCUT2D eigenvalue weighted by molar-refractivity contribution is 5.86. The zero-order valence-electron chi connectivity index (χ0n) is 9.96. The van der Waals surface area contributed by atoms with Gasteiger partial charge in [-0.3, -0.25) is 4.79 Å². The third kappa shape index (κ3) is 1.93. The molecule has 3 nitrogen and oxygen atoms in total. The first kappa shape index (κ1) is 11.4. The fourth-order valence-corrected chi connectivity index (χ4v) is 2.84. The second-order valence-electron chi connectivity index (χ2n) is 5.35. The van der Waals surface area contributed by atoms with E-state index in [1.165, 1.54) is 25.7 Å². The van der Waals surface area contributed by atoms with Crippen molar-refractivity contribution in [2.45, 2.75) is 57.9 Å². The van der Waals surface area contributed by atoms with E-state index in [0.717, 1.165) is 19.3 Å². The Hall–Kier alpha value is -1.04. The number of nitrogens with zero attached hydrogens (tertiary/aromatic N) is 1. The Balaban J connectivity index is 1.89. The fourth-order valence-electron chi connectivity index (χ4n) is 2.84. The molecule has 3 heteroatoms. The van der Waals surface area contributed by atoms with Crippen LogP contribution in [0.1, 0.15) is 51.9 Å². The van der Waals surface area contributed by atoms with E-state index in [1.54, 1.807) is 0 Å². The average Bonchev–Trinajstić information content (AvgIpc) is 2.69. The zero-order valence-corrected chi connectivity index (χ0v) is 9.96. The van der Waals surface area contributed by atoms with Crippen LogP contribution in [0, 0.1) is 22.7 Å². The van der Waals surface area contributed by atoms with Gasteiger partial charge in [0, 0.05) is 6.04 Å². The van der Waals surface area contributed by atoms with Gasteiger partial charge in [0.05, 0.1) is 6.07 Å². The van der Waals surface area contributed by atoms with Crippen molar-refractivity contribution in [1.29, 1.82) is 5.26 Å². The molecule has 0 aliphatic heterocycles. The molecule has 1 atom stereocenters. The van der Waals surface area contributed by atoms with E-state index in [4.69, 9.17) is 5.26 Å². The lowest BCUT2D eigenvalue weighted by Crippen LogP contribution is -2.49. The van der Waals surface area contributed by atoms with Crippen molar-refractivity contribution in [3.05, 3.63) is 0 Å². The number of nitriles is 1. The van der Waals surface area contributed by atoms with Crippen LogP contribution in [0.5, 0.6) is 0 Å². The largest absolute Gasteiger partial charge is 0.352 e. The van der Waals surface area contributed by atoms with Crippen LogP contribution in [0.25, 0.3) is 0 Å². The van der Waals surface area contributed by atoms with Crippen LogP contribution in [0.4, 0.5) is 0 Å². The maximum atomic E-state index is 12.0. The van der Waals surface area contributed by atoms with Crippen LogP contribution >= 0.6 is 0 Å². The van der Waals surface area contributed by atoms with Crippen molar-refractivity contribution >= 4 is 5.91 Å². The van der Waals surface area contributed by atoms with E-state index in [2.05, 4.69) is 18.3 Å². The summed E-state index contributed by atoms with van der Waals surface area (Å²) in [6.45, 7) is 2.08. The van der Waals surface area contributed by atoms with E-state index < -0.39 is 5.41 Å². The average molecular weight is 220 g/mol. The Labute approximate surface area is 97.2 Å². The Kier molecular flexibility index (Phi) is 3.18. The maximum absolute atomic E-state index is 12.0. The lowest BCUT2D eigenvalue weighted by molar-refractivity contribution is -0.132. The smallest absolute Gasteiger partial charge is 0.240 e. The standard InChI is InChI=1S/C13H20N2O/c1-10(11-5-2-3-6-11)15-12(16)13(9-14)7-4-8-13/h10-11H,2-8H2,1H3,(H,15,16). The molecule has 0 aromatic rings. The Bertz CT molecular complexity index is 308. The summed E-state index contributed by atoms with van der Waals surface area (Å²) in [6.07, 6.45) is 7.52. The van der Waals surface area contributed by atoms with Gasteiger partial charge in [0.25, 0.3) is 0 Å². The number of carbonyl (C=O) groups excluding carboxylic acids is 1. The molecular weight excluding hydrogens is 200 g/mol. The fraction of sp³-hybridized carbons (Fsp3) is 0.846. The molecular formula is C13H20N2O. The van der Waals surface area contributed by atoms with Gasteiger partial charge in [-0.15, -0.1) is 0 Å². The highest BCUT2D eigenvalue weighted by Crippen LogP contribution is 2.40. The summed E-state index contributed by atoms with van der Waals surface area (Å²) < 4.78 is 0. The summed E-state index contributed by atoms with van der Waals surface area (Å²) in [5.41, 5.74) is -0.688. The summed E-state index contributed by atoms with van der Waals surface area (Å²) in [5.74, 6) is 0.598. The van der Waals surface area contributed by atoms with Crippen molar-refractivity contribution in [3.63, 3.8) is 0 Å².